The van der Waals surface area contributed by atoms with E-state index in [0.717, 1.165) is 17.9 Å². The van der Waals surface area contributed by atoms with Crippen LogP contribution in [0.25, 0.3) is 0 Å². The highest BCUT2D eigenvalue weighted by molar-refractivity contribution is 7.92. The molecule has 0 saturated heterocycles. The van der Waals surface area contributed by atoms with E-state index in [2.05, 4.69) is 0 Å². The molecule has 0 aromatic heterocycles. The summed E-state index contributed by atoms with van der Waals surface area (Å²) in [6.07, 6.45) is 2.40. The summed E-state index contributed by atoms with van der Waals surface area (Å²) >= 11 is 5.81. The van der Waals surface area contributed by atoms with Crippen molar-refractivity contribution < 1.29 is 27.1 Å². The Morgan fingerprint density at radius 2 is 2.00 bits per heavy atom. The van der Waals surface area contributed by atoms with E-state index in [1.54, 1.807) is 12.1 Å². The minimum Gasteiger partial charge on any atom is -0.454 e. The van der Waals surface area contributed by atoms with Crippen LogP contribution in [-0.4, -0.2) is 39.6 Å². The SMILES string of the molecule is CS(=O)(=O)N1CCCc2cc(C(=O)COC(=O)c3c(F)cccc3Cl)ccc21. The fourth-order valence-corrected chi connectivity index (χ4v) is 4.30. The van der Waals surface area contributed by atoms with E-state index in [1.807, 2.05) is 0 Å². The van der Waals surface area contributed by atoms with E-state index in [1.165, 1.54) is 22.5 Å². The first kappa shape index (κ1) is 20.3. The molecule has 6 nitrogen and oxygen atoms in total. The number of hydrogen-bond acceptors (Lipinski definition) is 5. The van der Waals surface area contributed by atoms with Crippen molar-refractivity contribution in [1.82, 2.24) is 0 Å². The maximum Gasteiger partial charge on any atom is 0.343 e. The van der Waals surface area contributed by atoms with Crippen LogP contribution in [0.4, 0.5) is 10.1 Å². The van der Waals surface area contributed by atoms with Gasteiger partial charge in [0.25, 0.3) is 0 Å². The van der Waals surface area contributed by atoms with Crippen LogP contribution in [0.3, 0.4) is 0 Å². The maximum absolute atomic E-state index is 13.7. The number of ketones is 1. The number of rotatable bonds is 5. The average Bonchev–Trinajstić information content (AvgIpc) is 2.64. The van der Waals surface area contributed by atoms with E-state index in [4.69, 9.17) is 16.3 Å². The number of halogens is 2. The van der Waals surface area contributed by atoms with Crippen LogP contribution in [0.15, 0.2) is 36.4 Å². The van der Waals surface area contributed by atoms with Crippen molar-refractivity contribution in [1.29, 1.82) is 0 Å². The maximum atomic E-state index is 13.7. The molecule has 0 radical (unpaired) electrons. The van der Waals surface area contributed by atoms with Crippen LogP contribution >= 0.6 is 11.6 Å². The van der Waals surface area contributed by atoms with Gasteiger partial charge < -0.3 is 4.74 Å². The summed E-state index contributed by atoms with van der Waals surface area (Å²) in [5, 5.41) is -0.105. The number of Topliss-reactive ketones (excluding diaryl/α,β-unsaturated/α-hetero) is 1. The molecule has 0 fully saturated rings. The zero-order valence-electron chi connectivity index (χ0n) is 14.9. The summed E-state index contributed by atoms with van der Waals surface area (Å²) in [5.74, 6) is -2.35. The zero-order valence-corrected chi connectivity index (χ0v) is 16.5. The number of anilines is 1. The Morgan fingerprint density at radius 1 is 1.25 bits per heavy atom. The Kier molecular flexibility index (Phi) is 5.71. The van der Waals surface area contributed by atoms with Gasteiger partial charge >= 0.3 is 5.97 Å². The summed E-state index contributed by atoms with van der Waals surface area (Å²) in [6, 6.07) is 8.42. The number of benzene rings is 2. The number of fused-ring (bicyclic) bond motifs is 1. The van der Waals surface area contributed by atoms with Gasteiger partial charge in [-0.3, -0.25) is 9.10 Å². The first-order valence-electron chi connectivity index (χ1n) is 8.43. The molecule has 0 N–H and O–H groups in total. The van der Waals surface area contributed by atoms with Crippen molar-refractivity contribution in [3.63, 3.8) is 0 Å². The monoisotopic (exact) mass is 425 g/mol. The molecule has 2 aromatic rings. The van der Waals surface area contributed by atoms with Crippen LogP contribution in [0.5, 0.6) is 0 Å². The Bertz CT molecular complexity index is 1030. The quantitative estimate of drug-likeness (QED) is 0.542. The molecule has 0 unspecified atom stereocenters. The minimum atomic E-state index is -3.40. The minimum absolute atomic E-state index is 0.105. The predicted molar refractivity (Wildman–Crippen MR) is 103 cm³/mol. The number of sulfonamides is 1. The molecular weight excluding hydrogens is 409 g/mol. The molecule has 9 heteroatoms. The van der Waals surface area contributed by atoms with Gasteiger partial charge in [0, 0.05) is 12.1 Å². The number of esters is 1. The van der Waals surface area contributed by atoms with Crippen LogP contribution in [0.2, 0.25) is 5.02 Å². The van der Waals surface area contributed by atoms with E-state index in [0.29, 0.717) is 25.1 Å². The number of ether oxygens (including phenoxy) is 1. The van der Waals surface area contributed by atoms with Crippen LogP contribution in [0, 0.1) is 5.82 Å². The third kappa shape index (κ3) is 4.18. The summed E-state index contributed by atoms with van der Waals surface area (Å²) < 4.78 is 43.7. The summed E-state index contributed by atoms with van der Waals surface area (Å²) in [6.45, 7) is -0.196. The number of nitrogens with zero attached hydrogens (tertiary/aromatic N) is 1. The highest BCUT2D eigenvalue weighted by Gasteiger charge is 2.25. The Morgan fingerprint density at radius 3 is 2.68 bits per heavy atom. The standard InChI is InChI=1S/C19H17ClFNO5S/c1-28(25,26)22-9-3-4-12-10-13(7-8-16(12)22)17(23)11-27-19(24)18-14(20)5-2-6-15(18)21/h2,5-8,10H,3-4,9,11H2,1H3. The summed E-state index contributed by atoms with van der Waals surface area (Å²) in [4.78, 5) is 24.4. The molecular formula is C19H17ClFNO5S. The molecule has 148 valence electrons. The first-order valence-corrected chi connectivity index (χ1v) is 10.7. The van der Waals surface area contributed by atoms with Crippen molar-refractivity contribution in [2.45, 2.75) is 12.8 Å². The highest BCUT2D eigenvalue weighted by atomic mass is 35.5. The molecule has 3 rings (SSSR count). The van der Waals surface area contributed by atoms with Gasteiger partial charge in [-0.2, -0.15) is 0 Å². The van der Waals surface area contributed by atoms with Gasteiger partial charge in [0.2, 0.25) is 10.0 Å². The number of aryl methyl sites for hydroxylation is 1. The van der Waals surface area contributed by atoms with Gasteiger partial charge in [0.1, 0.15) is 11.4 Å². The summed E-state index contributed by atoms with van der Waals surface area (Å²) in [5.41, 5.74) is 1.12. The van der Waals surface area contributed by atoms with Crippen molar-refractivity contribution >= 4 is 39.1 Å². The van der Waals surface area contributed by atoms with Gasteiger partial charge in [-0.25, -0.2) is 17.6 Å². The second kappa shape index (κ2) is 7.89. The molecule has 1 aliphatic rings. The molecule has 1 aliphatic heterocycles. The van der Waals surface area contributed by atoms with E-state index >= 15 is 0 Å². The molecule has 0 amide bonds. The van der Waals surface area contributed by atoms with Crippen molar-refractivity contribution in [2.24, 2.45) is 0 Å². The third-order valence-electron chi connectivity index (χ3n) is 4.38. The van der Waals surface area contributed by atoms with E-state index in [-0.39, 0.29) is 10.6 Å². The fraction of sp³-hybridized carbons (Fsp3) is 0.263. The Hall–Kier alpha value is -2.45. The molecule has 0 atom stereocenters. The largest absolute Gasteiger partial charge is 0.454 e. The smallest absolute Gasteiger partial charge is 0.343 e. The molecule has 0 spiro atoms. The molecule has 1 heterocycles. The second-order valence-corrected chi connectivity index (χ2v) is 8.69. The van der Waals surface area contributed by atoms with Crippen LogP contribution in [0.1, 0.15) is 32.7 Å². The Labute approximate surface area is 166 Å². The molecule has 0 aliphatic carbocycles. The van der Waals surface area contributed by atoms with Crippen LogP contribution < -0.4 is 4.31 Å². The molecule has 28 heavy (non-hydrogen) atoms. The lowest BCUT2D eigenvalue weighted by molar-refractivity contribution is 0.0470. The lowest BCUT2D eigenvalue weighted by Crippen LogP contribution is -2.34. The summed E-state index contributed by atoms with van der Waals surface area (Å²) in [7, 11) is -3.40. The highest BCUT2D eigenvalue weighted by Crippen LogP contribution is 2.30. The van der Waals surface area contributed by atoms with Crippen molar-refractivity contribution in [3.8, 4) is 0 Å². The van der Waals surface area contributed by atoms with Gasteiger partial charge in [-0.15, -0.1) is 0 Å². The van der Waals surface area contributed by atoms with Crippen molar-refractivity contribution in [2.75, 3.05) is 23.7 Å². The molecule has 0 bridgehead atoms. The number of carbonyl (C=O) groups is 2. The van der Waals surface area contributed by atoms with Crippen molar-refractivity contribution in [3.05, 3.63) is 63.9 Å². The lowest BCUT2D eigenvalue weighted by atomic mass is 9.99. The third-order valence-corrected chi connectivity index (χ3v) is 5.87. The normalized spacial score (nSPS) is 13.8. The fourth-order valence-electron chi connectivity index (χ4n) is 3.06. The van der Waals surface area contributed by atoms with E-state index in [9.17, 15) is 22.4 Å². The van der Waals surface area contributed by atoms with Gasteiger partial charge in [0.05, 0.1) is 17.0 Å². The lowest BCUT2D eigenvalue weighted by Gasteiger charge is -2.29. The topological polar surface area (TPSA) is 80.8 Å². The predicted octanol–water partition coefficient (Wildman–Crippen LogP) is 3.23. The first-order chi connectivity index (χ1) is 13.2. The molecule has 0 saturated carbocycles. The molecule has 2 aromatic carbocycles. The average molecular weight is 426 g/mol. The number of hydrogen-bond donors (Lipinski definition) is 0. The zero-order chi connectivity index (χ0) is 20.5. The second-order valence-electron chi connectivity index (χ2n) is 6.38. The Balaban J connectivity index is 1.75. The van der Waals surface area contributed by atoms with Gasteiger partial charge in [0.15, 0.2) is 12.4 Å². The number of carbonyl (C=O) groups excluding carboxylic acids is 2. The van der Waals surface area contributed by atoms with E-state index < -0.39 is 39.8 Å². The van der Waals surface area contributed by atoms with Gasteiger partial charge in [-0.1, -0.05) is 17.7 Å². The van der Waals surface area contributed by atoms with Crippen LogP contribution in [-0.2, 0) is 21.2 Å². The van der Waals surface area contributed by atoms with Gasteiger partial charge in [-0.05, 0) is 48.7 Å².